The fourth-order valence-electron chi connectivity index (χ4n) is 1.26. The summed E-state index contributed by atoms with van der Waals surface area (Å²) in [6.45, 7) is 2.37. The van der Waals surface area contributed by atoms with Gasteiger partial charge in [0, 0.05) is 6.42 Å². The van der Waals surface area contributed by atoms with Crippen molar-refractivity contribution in [2.24, 2.45) is 5.73 Å². The van der Waals surface area contributed by atoms with E-state index in [0.717, 1.165) is 18.6 Å². The third kappa shape index (κ3) is 2.35. The minimum atomic E-state index is -0.356. The van der Waals surface area contributed by atoms with Crippen LogP contribution >= 0.6 is 0 Å². The van der Waals surface area contributed by atoms with Crippen molar-refractivity contribution in [3.05, 3.63) is 23.2 Å². The van der Waals surface area contributed by atoms with Crippen molar-refractivity contribution in [2.75, 3.05) is 13.7 Å². The summed E-state index contributed by atoms with van der Waals surface area (Å²) in [5, 5.41) is 0. The molecule has 0 atom stereocenters. The molecule has 0 saturated heterocycles. The molecule has 0 saturated carbocycles. The number of methoxy groups -OCH3 is 1. The Labute approximate surface area is 83.0 Å². The Kier molecular flexibility index (Phi) is 3.71. The monoisotopic (exact) mass is 197 g/mol. The van der Waals surface area contributed by atoms with E-state index in [4.69, 9.17) is 10.2 Å². The van der Waals surface area contributed by atoms with E-state index >= 15 is 0 Å². The fourth-order valence-corrected chi connectivity index (χ4v) is 1.26. The number of aryl methyl sites for hydroxylation is 2. The van der Waals surface area contributed by atoms with E-state index in [1.807, 2.05) is 0 Å². The summed E-state index contributed by atoms with van der Waals surface area (Å²) in [6, 6.07) is 1.72. The second kappa shape index (κ2) is 4.81. The number of esters is 1. The van der Waals surface area contributed by atoms with Crippen molar-refractivity contribution in [3.8, 4) is 0 Å². The van der Waals surface area contributed by atoms with Gasteiger partial charge in [-0.15, -0.1) is 0 Å². The molecular weight excluding hydrogens is 182 g/mol. The molecule has 0 spiro atoms. The molecule has 0 aromatic carbocycles. The van der Waals surface area contributed by atoms with E-state index in [0.29, 0.717) is 17.9 Å². The first-order valence-electron chi connectivity index (χ1n) is 4.56. The number of rotatable bonds is 4. The zero-order valence-corrected chi connectivity index (χ0v) is 8.50. The Morgan fingerprint density at radius 3 is 2.93 bits per heavy atom. The molecule has 0 aliphatic heterocycles. The first kappa shape index (κ1) is 10.8. The lowest BCUT2D eigenvalue weighted by Gasteiger charge is -1.93. The number of hydrogen-bond acceptors (Lipinski definition) is 4. The van der Waals surface area contributed by atoms with Gasteiger partial charge in [0.25, 0.3) is 0 Å². The van der Waals surface area contributed by atoms with Crippen LogP contribution in [0.4, 0.5) is 0 Å². The van der Waals surface area contributed by atoms with Crippen molar-refractivity contribution in [1.82, 2.24) is 0 Å². The number of nitrogens with two attached hydrogens (primary N) is 1. The Bertz CT molecular complexity index is 317. The van der Waals surface area contributed by atoms with Crippen LogP contribution in [0.15, 0.2) is 10.5 Å². The van der Waals surface area contributed by atoms with Gasteiger partial charge in [-0.25, -0.2) is 4.79 Å². The van der Waals surface area contributed by atoms with E-state index < -0.39 is 0 Å². The summed E-state index contributed by atoms with van der Waals surface area (Å²) < 4.78 is 9.99. The molecule has 0 radical (unpaired) electrons. The second-order valence-electron chi connectivity index (χ2n) is 3.07. The normalized spacial score (nSPS) is 10.2. The molecule has 2 N–H and O–H groups in total. The smallest absolute Gasteiger partial charge is 0.341 e. The number of furan rings is 1. The van der Waals surface area contributed by atoms with Crippen LogP contribution in [0.2, 0.25) is 0 Å². The summed E-state index contributed by atoms with van der Waals surface area (Å²) in [7, 11) is 1.36. The average molecular weight is 197 g/mol. The maximum Gasteiger partial charge on any atom is 0.341 e. The summed E-state index contributed by atoms with van der Waals surface area (Å²) in [6.07, 6.45) is 1.61. The topological polar surface area (TPSA) is 65.5 Å². The summed E-state index contributed by atoms with van der Waals surface area (Å²) >= 11 is 0. The molecule has 0 bridgehead atoms. The third-order valence-corrected chi connectivity index (χ3v) is 2.00. The molecule has 4 heteroatoms. The standard InChI is InChI=1S/C10H15NO3/c1-7-9(10(12)13-2)6-8(14-7)4-3-5-11/h6H,3-5,11H2,1-2H3. The molecule has 1 heterocycles. The van der Waals surface area contributed by atoms with Gasteiger partial charge in [-0.05, 0) is 26.0 Å². The van der Waals surface area contributed by atoms with Gasteiger partial charge in [0.15, 0.2) is 0 Å². The molecule has 0 amide bonds. The molecule has 1 aromatic rings. The molecule has 1 rings (SSSR count). The van der Waals surface area contributed by atoms with Crippen molar-refractivity contribution >= 4 is 5.97 Å². The molecule has 14 heavy (non-hydrogen) atoms. The molecule has 0 fully saturated rings. The largest absolute Gasteiger partial charge is 0.465 e. The van der Waals surface area contributed by atoms with Gasteiger partial charge in [-0.2, -0.15) is 0 Å². The van der Waals surface area contributed by atoms with Crippen molar-refractivity contribution in [3.63, 3.8) is 0 Å². The fraction of sp³-hybridized carbons (Fsp3) is 0.500. The van der Waals surface area contributed by atoms with Gasteiger partial charge in [-0.3, -0.25) is 0 Å². The van der Waals surface area contributed by atoms with Crippen LogP contribution in [-0.4, -0.2) is 19.6 Å². The zero-order chi connectivity index (χ0) is 10.6. The first-order chi connectivity index (χ1) is 6.69. The Hall–Kier alpha value is -1.29. The maximum atomic E-state index is 11.2. The highest BCUT2D eigenvalue weighted by Crippen LogP contribution is 2.16. The van der Waals surface area contributed by atoms with Gasteiger partial charge in [0.05, 0.1) is 7.11 Å². The molecule has 4 nitrogen and oxygen atoms in total. The van der Waals surface area contributed by atoms with E-state index in [1.165, 1.54) is 7.11 Å². The highest BCUT2D eigenvalue weighted by molar-refractivity contribution is 5.90. The van der Waals surface area contributed by atoms with Gasteiger partial charge in [-0.1, -0.05) is 0 Å². The van der Waals surface area contributed by atoms with Crippen molar-refractivity contribution in [2.45, 2.75) is 19.8 Å². The lowest BCUT2D eigenvalue weighted by molar-refractivity contribution is 0.0599. The van der Waals surface area contributed by atoms with Gasteiger partial charge < -0.3 is 14.9 Å². The lowest BCUT2D eigenvalue weighted by Crippen LogP contribution is -2.01. The zero-order valence-electron chi connectivity index (χ0n) is 8.50. The molecule has 0 unspecified atom stereocenters. The molecule has 0 aliphatic rings. The summed E-state index contributed by atoms with van der Waals surface area (Å²) in [4.78, 5) is 11.2. The highest BCUT2D eigenvalue weighted by atomic mass is 16.5. The van der Waals surface area contributed by atoms with Crippen LogP contribution in [0.5, 0.6) is 0 Å². The molecule has 78 valence electrons. The van der Waals surface area contributed by atoms with Crippen LogP contribution in [0.1, 0.15) is 28.3 Å². The van der Waals surface area contributed by atoms with Crippen molar-refractivity contribution < 1.29 is 13.9 Å². The Balaban J connectivity index is 2.77. The van der Waals surface area contributed by atoms with Crippen LogP contribution in [0.3, 0.4) is 0 Å². The van der Waals surface area contributed by atoms with E-state index in [1.54, 1.807) is 13.0 Å². The van der Waals surface area contributed by atoms with E-state index in [2.05, 4.69) is 4.74 Å². The minimum Gasteiger partial charge on any atom is -0.465 e. The summed E-state index contributed by atoms with van der Waals surface area (Å²) in [5.41, 5.74) is 5.87. The third-order valence-electron chi connectivity index (χ3n) is 2.00. The van der Waals surface area contributed by atoms with E-state index in [-0.39, 0.29) is 5.97 Å². The van der Waals surface area contributed by atoms with E-state index in [9.17, 15) is 4.79 Å². The van der Waals surface area contributed by atoms with Crippen LogP contribution in [0.25, 0.3) is 0 Å². The highest BCUT2D eigenvalue weighted by Gasteiger charge is 2.14. The van der Waals surface area contributed by atoms with Gasteiger partial charge in [0.1, 0.15) is 17.1 Å². The number of carbonyl (C=O) groups excluding carboxylic acids is 1. The number of hydrogen-bond donors (Lipinski definition) is 1. The predicted molar refractivity (Wildman–Crippen MR) is 52.2 cm³/mol. The number of ether oxygens (including phenoxy) is 1. The first-order valence-corrected chi connectivity index (χ1v) is 4.56. The number of carbonyl (C=O) groups is 1. The maximum absolute atomic E-state index is 11.2. The van der Waals surface area contributed by atoms with Crippen LogP contribution in [-0.2, 0) is 11.2 Å². The quantitative estimate of drug-likeness (QED) is 0.738. The van der Waals surface area contributed by atoms with Gasteiger partial charge in [0.2, 0.25) is 0 Å². The molecule has 1 aromatic heterocycles. The average Bonchev–Trinajstić information content (AvgIpc) is 2.55. The predicted octanol–water partition coefficient (Wildman–Crippen LogP) is 1.27. The van der Waals surface area contributed by atoms with Gasteiger partial charge >= 0.3 is 5.97 Å². The Morgan fingerprint density at radius 1 is 1.64 bits per heavy atom. The lowest BCUT2D eigenvalue weighted by atomic mass is 10.2. The van der Waals surface area contributed by atoms with Crippen LogP contribution < -0.4 is 5.73 Å². The molecule has 0 aliphatic carbocycles. The van der Waals surface area contributed by atoms with Crippen molar-refractivity contribution in [1.29, 1.82) is 0 Å². The minimum absolute atomic E-state index is 0.356. The Morgan fingerprint density at radius 2 is 2.36 bits per heavy atom. The summed E-state index contributed by atoms with van der Waals surface area (Å²) in [5.74, 6) is 1.03. The molecular formula is C10H15NO3. The SMILES string of the molecule is COC(=O)c1cc(CCCN)oc1C. The second-order valence-corrected chi connectivity index (χ2v) is 3.07. The van der Waals surface area contributed by atoms with Crippen LogP contribution in [0, 0.1) is 6.92 Å².